The van der Waals surface area contributed by atoms with Gasteiger partial charge in [0.2, 0.25) is 5.91 Å². The van der Waals surface area contributed by atoms with Crippen molar-refractivity contribution in [1.29, 1.82) is 0 Å². The van der Waals surface area contributed by atoms with Crippen LogP contribution in [-0.2, 0) is 16.8 Å². The summed E-state index contributed by atoms with van der Waals surface area (Å²) in [6.07, 6.45) is 2.58. The number of hydrogen-bond acceptors (Lipinski definition) is 2. The van der Waals surface area contributed by atoms with Crippen LogP contribution in [0.3, 0.4) is 0 Å². The van der Waals surface area contributed by atoms with Crippen LogP contribution >= 0.6 is 27.3 Å². The van der Waals surface area contributed by atoms with Crippen LogP contribution < -0.4 is 5.32 Å². The molecule has 3 rings (SSSR count). The molecular formula is C16H15BrFNOS. The molecule has 1 amide bonds. The molecule has 1 aliphatic carbocycles. The van der Waals surface area contributed by atoms with Gasteiger partial charge in [-0.1, -0.05) is 18.6 Å². The van der Waals surface area contributed by atoms with Crippen LogP contribution in [0, 0.1) is 5.82 Å². The van der Waals surface area contributed by atoms with Crippen molar-refractivity contribution in [2.24, 2.45) is 0 Å². The number of rotatable bonds is 4. The number of hydrogen-bond donors (Lipinski definition) is 1. The molecule has 110 valence electrons. The van der Waals surface area contributed by atoms with E-state index in [2.05, 4.69) is 21.2 Å². The highest BCUT2D eigenvalue weighted by molar-refractivity contribution is 9.11. The molecule has 1 aliphatic rings. The third-order valence-electron chi connectivity index (χ3n) is 4.07. The van der Waals surface area contributed by atoms with E-state index in [-0.39, 0.29) is 11.7 Å². The van der Waals surface area contributed by atoms with Crippen molar-refractivity contribution in [3.63, 3.8) is 0 Å². The van der Waals surface area contributed by atoms with Crippen LogP contribution in [0.1, 0.15) is 29.7 Å². The smallest absolute Gasteiger partial charge is 0.230 e. The zero-order valence-corrected chi connectivity index (χ0v) is 13.8. The molecule has 5 heteroatoms. The summed E-state index contributed by atoms with van der Waals surface area (Å²) >= 11 is 5.02. The number of thiophene rings is 1. The number of benzene rings is 1. The van der Waals surface area contributed by atoms with E-state index in [1.165, 1.54) is 12.1 Å². The maximum absolute atomic E-state index is 13.4. The summed E-state index contributed by atoms with van der Waals surface area (Å²) in [5.74, 6) is -0.280. The normalized spacial score (nSPS) is 16.3. The van der Waals surface area contributed by atoms with Gasteiger partial charge in [0.05, 0.1) is 15.7 Å². The minimum absolute atomic E-state index is 0.00359. The van der Waals surface area contributed by atoms with E-state index in [1.54, 1.807) is 17.4 Å². The molecule has 0 bridgehead atoms. The second-order valence-corrected chi connectivity index (χ2v) is 7.88. The van der Waals surface area contributed by atoms with Crippen molar-refractivity contribution in [3.8, 4) is 0 Å². The summed E-state index contributed by atoms with van der Waals surface area (Å²) in [4.78, 5) is 13.7. The van der Waals surface area contributed by atoms with E-state index in [4.69, 9.17) is 0 Å². The Bertz CT molecular complexity index is 666. The maximum atomic E-state index is 13.4. The van der Waals surface area contributed by atoms with Crippen molar-refractivity contribution >= 4 is 33.2 Å². The molecule has 2 nitrogen and oxygen atoms in total. The van der Waals surface area contributed by atoms with Crippen molar-refractivity contribution < 1.29 is 9.18 Å². The van der Waals surface area contributed by atoms with Crippen molar-refractivity contribution in [3.05, 3.63) is 56.4 Å². The zero-order valence-electron chi connectivity index (χ0n) is 11.4. The van der Waals surface area contributed by atoms with E-state index in [0.717, 1.165) is 33.5 Å². The molecule has 1 aromatic carbocycles. The van der Waals surface area contributed by atoms with E-state index in [9.17, 15) is 9.18 Å². The van der Waals surface area contributed by atoms with Gasteiger partial charge in [-0.2, -0.15) is 0 Å². The molecule has 0 saturated heterocycles. The summed E-state index contributed by atoms with van der Waals surface area (Å²) in [5, 5.41) is 3.00. The van der Waals surface area contributed by atoms with Crippen LogP contribution in [0.15, 0.2) is 40.2 Å². The number of amides is 1. The molecule has 1 aromatic heterocycles. The Hall–Kier alpha value is -1.20. The Morgan fingerprint density at radius 3 is 2.71 bits per heavy atom. The molecule has 0 spiro atoms. The van der Waals surface area contributed by atoms with Gasteiger partial charge in [0.25, 0.3) is 0 Å². The molecule has 1 heterocycles. The number of halogens is 2. The van der Waals surface area contributed by atoms with Crippen LogP contribution in [-0.4, -0.2) is 5.91 Å². The third-order valence-corrected chi connectivity index (χ3v) is 5.69. The fourth-order valence-corrected chi connectivity index (χ4v) is 4.17. The molecule has 1 saturated carbocycles. The Morgan fingerprint density at radius 2 is 2.14 bits per heavy atom. The van der Waals surface area contributed by atoms with Gasteiger partial charge >= 0.3 is 0 Å². The van der Waals surface area contributed by atoms with E-state index in [1.807, 2.05) is 18.2 Å². The van der Waals surface area contributed by atoms with Crippen LogP contribution in [0.2, 0.25) is 0 Å². The number of carbonyl (C=O) groups excluding carboxylic acids is 1. The maximum Gasteiger partial charge on any atom is 0.230 e. The second-order valence-electron chi connectivity index (χ2n) is 5.33. The van der Waals surface area contributed by atoms with Crippen molar-refractivity contribution in [2.75, 3.05) is 0 Å². The van der Waals surface area contributed by atoms with Crippen molar-refractivity contribution in [1.82, 2.24) is 5.32 Å². The van der Waals surface area contributed by atoms with E-state index < -0.39 is 5.41 Å². The Labute approximate surface area is 135 Å². The highest BCUT2D eigenvalue weighted by atomic mass is 79.9. The fourth-order valence-electron chi connectivity index (χ4n) is 2.75. The van der Waals surface area contributed by atoms with Crippen LogP contribution in [0.25, 0.3) is 0 Å². The van der Waals surface area contributed by atoms with Gasteiger partial charge in [0, 0.05) is 4.88 Å². The minimum Gasteiger partial charge on any atom is -0.350 e. The molecule has 1 fully saturated rings. The SMILES string of the molecule is O=C(NCc1ccc(Br)s1)C1(c2cccc(F)c2)CCC1. The molecule has 1 N–H and O–H groups in total. The summed E-state index contributed by atoms with van der Waals surface area (Å²) < 4.78 is 14.5. The Balaban J connectivity index is 1.75. The van der Waals surface area contributed by atoms with Gasteiger partial charge in [-0.3, -0.25) is 4.79 Å². The van der Waals surface area contributed by atoms with Crippen LogP contribution in [0.5, 0.6) is 0 Å². The predicted molar refractivity (Wildman–Crippen MR) is 85.8 cm³/mol. The third kappa shape index (κ3) is 2.90. The average Bonchev–Trinajstić information content (AvgIpc) is 2.81. The molecular weight excluding hydrogens is 353 g/mol. The first kappa shape index (κ1) is 14.7. The zero-order chi connectivity index (χ0) is 14.9. The van der Waals surface area contributed by atoms with Gasteiger partial charge in [0.1, 0.15) is 5.82 Å². The summed E-state index contributed by atoms with van der Waals surface area (Å²) in [6.45, 7) is 0.520. The van der Waals surface area contributed by atoms with E-state index >= 15 is 0 Å². The minimum atomic E-state index is -0.545. The first-order chi connectivity index (χ1) is 10.1. The van der Waals surface area contributed by atoms with Gasteiger partial charge in [-0.05, 0) is 58.6 Å². The first-order valence-electron chi connectivity index (χ1n) is 6.89. The number of nitrogens with one attached hydrogen (secondary N) is 1. The lowest BCUT2D eigenvalue weighted by molar-refractivity contribution is -0.130. The number of carbonyl (C=O) groups is 1. The van der Waals surface area contributed by atoms with Crippen LogP contribution in [0.4, 0.5) is 4.39 Å². The highest BCUT2D eigenvalue weighted by Crippen LogP contribution is 2.44. The molecule has 21 heavy (non-hydrogen) atoms. The summed E-state index contributed by atoms with van der Waals surface area (Å²) in [5.41, 5.74) is 0.245. The lowest BCUT2D eigenvalue weighted by atomic mass is 9.64. The molecule has 0 aliphatic heterocycles. The first-order valence-corrected chi connectivity index (χ1v) is 8.50. The van der Waals surface area contributed by atoms with E-state index in [0.29, 0.717) is 6.54 Å². The average molecular weight is 368 g/mol. The Kier molecular flexibility index (Phi) is 4.13. The Morgan fingerprint density at radius 1 is 1.33 bits per heavy atom. The molecule has 2 aromatic rings. The van der Waals surface area contributed by atoms with Gasteiger partial charge in [-0.15, -0.1) is 11.3 Å². The molecule has 0 unspecified atom stereocenters. The fraction of sp³-hybridized carbons (Fsp3) is 0.312. The summed E-state index contributed by atoms with van der Waals surface area (Å²) in [7, 11) is 0. The highest BCUT2D eigenvalue weighted by Gasteiger charge is 2.45. The topological polar surface area (TPSA) is 29.1 Å². The largest absolute Gasteiger partial charge is 0.350 e. The molecule has 0 atom stereocenters. The lowest BCUT2D eigenvalue weighted by Gasteiger charge is -2.40. The lowest BCUT2D eigenvalue weighted by Crippen LogP contribution is -2.49. The van der Waals surface area contributed by atoms with Crippen molar-refractivity contribution in [2.45, 2.75) is 31.2 Å². The predicted octanol–water partition coefficient (Wildman–Crippen LogP) is 4.39. The second kappa shape index (κ2) is 5.89. The van der Waals surface area contributed by atoms with Gasteiger partial charge in [0.15, 0.2) is 0 Å². The quantitative estimate of drug-likeness (QED) is 0.852. The van der Waals surface area contributed by atoms with Gasteiger partial charge in [-0.25, -0.2) is 4.39 Å². The summed E-state index contributed by atoms with van der Waals surface area (Å²) in [6, 6.07) is 10.4. The van der Waals surface area contributed by atoms with Gasteiger partial charge < -0.3 is 5.32 Å². The monoisotopic (exact) mass is 367 g/mol. The standard InChI is InChI=1S/C16H15BrFNOS/c17-14-6-5-13(21-14)10-19-15(20)16(7-2-8-16)11-3-1-4-12(18)9-11/h1,3-6,9H,2,7-8,10H2,(H,19,20). The molecule has 0 radical (unpaired) electrons.